The SMILES string of the molecule is COc1cc(C(=O)O)ccc1S(=O)(=O)NC(C)(C)CCO. The highest BCUT2D eigenvalue weighted by Gasteiger charge is 2.28. The summed E-state index contributed by atoms with van der Waals surface area (Å²) in [5.74, 6) is -1.23. The maximum atomic E-state index is 12.4. The number of methoxy groups -OCH3 is 1. The molecule has 0 amide bonds. The molecular weight excluding hydrogens is 298 g/mol. The standard InChI is InChI=1S/C13H19NO6S/c1-13(2,6-7-15)14-21(18,19)11-5-4-9(12(16)17)8-10(11)20-3/h4-5,8,14-15H,6-7H2,1-3H3,(H,16,17). The van der Waals surface area contributed by atoms with Crippen LogP contribution in [0.2, 0.25) is 0 Å². The molecule has 0 aromatic heterocycles. The molecule has 1 rings (SSSR count). The predicted octanol–water partition coefficient (Wildman–Crippen LogP) is 0.833. The normalized spacial score (nSPS) is 12.2. The zero-order valence-electron chi connectivity index (χ0n) is 12.1. The molecule has 7 nitrogen and oxygen atoms in total. The lowest BCUT2D eigenvalue weighted by molar-refractivity contribution is 0.0696. The highest BCUT2D eigenvalue weighted by atomic mass is 32.2. The Hall–Kier alpha value is -1.64. The minimum Gasteiger partial charge on any atom is -0.495 e. The van der Waals surface area contributed by atoms with Gasteiger partial charge in [0.15, 0.2) is 0 Å². The second-order valence-electron chi connectivity index (χ2n) is 5.13. The lowest BCUT2D eigenvalue weighted by atomic mass is 10.0. The van der Waals surface area contributed by atoms with E-state index in [0.29, 0.717) is 0 Å². The molecule has 0 radical (unpaired) electrons. The van der Waals surface area contributed by atoms with E-state index in [1.807, 2.05) is 0 Å². The van der Waals surface area contributed by atoms with Gasteiger partial charge in [0, 0.05) is 12.1 Å². The Labute approximate surface area is 123 Å². The van der Waals surface area contributed by atoms with Crippen molar-refractivity contribution < 1.29 is 28.2 Å². The van der Waals surface area contributed by atoms with Crippen LogP contribution in [0.1, 0.15) is 30.6 Å². The van der Waals surface area contributed by atoms with Crippen LogP contribution in [0.3, 0.4) is 0 Å². The van der Waals surface area contributed by atoms with Crippen molar-refractivity contribution in [1.82, 2.24) is 4.72 Å². The molecule has 118 valence electrons. The van der Waals surface area contributed by atoms with E-state index in [1.54, 1.807) is 13.8 Å². The van der Waals surface area contributed by atoms with Gasteiger partial charge in [0.1, 0.15) is 10.6 Å². The Morgan fingerprint density at radius 3 is 2.48 bits per heavy atom. The number of nitrogens with one attached hydrogen (secondary N) is 1. The zero-order valence-corrected chi connectivity index (χ0v) is 12.9. The fraction of sp³-hybridized carbons (Fsp3) is 0.462. The quantitative estimate of drug-likeness (QED) is 0.686. The monoisotopic (exact) mass is 317 g/mol. The number of aliphatic hydroxyl groups excluding tert-OH is 1. The van der Waals surface area contributed by atoms with Gasteiger partial charge in [-0.15, -0.1) is 0 Å². The second-order valence-corrected chi connectivity index (χ2v) is 6.78. The largest absolute Gasteiger partial charge is 0.495 e. The van der Waals surface area contributed by atoms with Gasteiger partial charge in [0.2, 0.25) is 10.0 Å². The Kier molecular flexibility index (Phi) is 5.32. The van der Waals surface area contributed by atoms with E-state index in [0.717, 1.165) is 6.07 Å². The molecule has 0 atom stereocenters. The van der Waals surface area contributed by atoms with Crippen LogP contribution in [-0.4, -0.2) is 43.9 Å². The first-order valence-electron chi connectivity index (χ1n) is 6.19. The van der Waals surface area contributed by atoms with Crippen molar-refractivity contribution in [3.8, 4) is 5.75 Å². The van der Waals surface area contributed by atoms with Gasteiger partial charge in [-0.25, -0.2) is 17.9 Å². The first-order valence-corrected chi connectivity index (χ1v) is 7.67. The zero-order chi connectivity index (χ0) is 16.3. The number of benzene rings is 1. The third-order valence-electron chi connectivity index (χ3n) is 2.85. The number of carbonyl (C=O) groups is 1. The highest BCUT2D eigenvalue weighted by Crippen LogP contribution is 2.26. The average Bonchev–Trinajstić information content (AvgIpc) is 2.36. The number of ether oxygens (including phenoxy) is 1. The molecule has 3 N–H and O–H groups in total. The van der Waals surface area contributed by atoms with Crippen molar-refractivity contribution >= 4 is 16.0 Å². The Morgan fingerprint density at radius 1 is 1.38 bits per heavy atom. The number of carboxylic acids is 1. The minimum absolute atomic E-state index is 0.0535. The third kappa shape index (κ3) is 4.42. The molecule has 0 aliphatic rings. The van der Waals surface area contributed by atoms with Crippen molar-refractivity contribution in [3.05, 3.63) is 23.8 Å². The maximum Gasteiger partial charge on any atom is 0.335 e. The average molecular weight is 317 g/mol. The number of aliphatic hydroxyl groups is 1. The maximum absolute atomic E-state index is 12.4. The molecule has 0 bridgehead atoms. The molecule has 8 heteroatoms. The van der Waals surface area contributed by atoms with Crippen LogP contribution in [-0.2, 0) is 10.0 Å². The summed E-state index contributed by atoms with van der Waals surface area (Å²) in [5.41, 5.74) is -0.912. The smallest absolute Gasteiger partial charge is 0.335 e. The molecule has 0 unspecified atom stereocenters. The van der Waals surface area contributed by atoms with Crippen molar-refractivity contribution in [2.45, 2.75) is 30.7 Å². The molecule has 0 aliphatic heterocycles. The Balaban J connectivity index is 3.22. The molecule has 21 heavy (non-hydrogen) atoms. The molecule has 0 saturated carbocycles. The molecule has 1 aromatic carbocycles. The van der Waals surface area contributed by atoms with Gasteiger partial charge < -0.3 is 14.9 Å². The number of rotatable bonds is 7. The summed E-state index contributed by atoms with van der Waals surface area (Å²) in [6.07, 6.45) is 0.238. The summed E-state index contributed by atoms with van der Waals surface area (Å²) in [5, 5.41) is 17.8. The van der Waals surface area contributed by atoms with Crippen molar-refractivity contribution in [3.63, 3.8) is 0 Å². The summed E-state index contributed by atoms with van der Waals surface area (Å²) < 4.78 is 32.1. The minimum atomic E-state index is -3.90. The molecule has 1 aromatic rings. The summed E-state index contributed by atoms with van der Waals surface area (Å²) in [6.45, 7) is 3.11. The van der Waals surface area contributed by atoms with Crippen LogP contribution >= 0.6 is 0 Å². The summed E-state index contributed by atoms with van der Waals surface area (Å²) >= 11 is 0. The first-order chi connectivity index (χ1) is 9.63. The van der Waals surface area contributed by atoms with E-state index < -0.39 is 21.5 Å². The van der Waals surface area contributed by atoms with Gasteiger partial charge in [0.05, 0.1) is 12.7 Å². The number of aromatic carboxylic acids is 1. The predicted molar refractivity (Wildman–Crippen MR) is 76.1 cm³/mol. The molecule has 0 fully saturated rings. The van der Waals surface area contributed by atoms with Gasteiger partial charge in [-0.05, 0) is 38.5 Å². The number of hydrogen-bond acceptors (Lipinski definition) is 5. The van der Waals surface area contributed by atoms with E-state index in [-0.39, 0.29) is 29.2 Å². The highest BCUT2D eigenvalue weighted by molar-refractivity contribution is 7.89. The van der Waals surface area contributed by atoms with Crippen molar-refractivity contribution in [2.75, 3.05) is 13.7 Å². The van der Waals surface area contributed by atoms with Gasteiger partial charge in [-0.3, -0.25) is 0 Å². The lowest BCUT2D eigenvalue weighted by Crippen LogP contribution is -2.44. The second kappa shape index (κ2) is 6.42. The number of carboxylic acid groups (broad SMARTS) is 1. The van der Waals surface area contributed by atoms with Crippen LogP contribution in [0, 0.1) is 0 Å². The first kappa shape index (κ1) is 17.4. The van der Waals surface area contributed by atoms with E-state index >= 15 is 0 Å². The molecule has 0 saturated heterocycles. The summed E-state index contributed by atoms with van der Waals surface area (Å²) in [7, 11) is -2.64. The molecular formula is C13H19NO6S. The van der Waals surface area contributed by atoms with Crippen LogP contribution < -0.4 is 9.46 Å². The van der Waals surface area contributed by atoms with Crippen LogP contribution in [0.25, 0.3) is 0 Å². The summed E-state index contributed by atoms with van der Waals surface area (Å²) in [6, 6.07) is 3.52. The fourth-order valence-corrected chi connectivity index (χ4v) is 3.37. The number of sulfonamides is 1. The Bertz CT molecular complexity index is 624. The van der Waals surface area contributed by atoms with E-state index in [4.69, 9.17) is 14.9 Å². The van der Waals surface area contributed by atoms with Gasteiger partial charge in [-0.2, -0.15) is 0 Å². The number of hydrogen-bond donors (Lipinski definition) is 3. The van der Waals surface area contributed by atoms with Gasteiger partial charge in [-0.1, -0.05) is 0 Å². The van der Waals surface area contributed by atoms with E-state index in [2.05, 4.69) is 4.72 Å². The van der Waals surface area contributed by atoms with Crippen LogP contribution in [0.4, 0.5) is 0 Å². The topological polar surface area (TPSA) is 113 Å². The lowest BCUT2D eigenvalue weighted by Gasteiger charge is -2.25. The van der Waals surface area contributed by atoms with Gasteiger partial charge in [0.25, 0.3) is 0 Å². The van der Waals surface area contributed by atoms with Gasteiger partial charge >= 0.3 is 5.97 Å². The van der Waals surface area contributed by atoms with Crippen LogP contribution in [0.5, 0.6) is 5.75 Å². The molecule has 0 heterocycles. The Morgan fingerprint density at radius 2 is 2.00 bits per heavy atom. The van der Waals surface area contributed by atoms with Crippen molar-refractivity contribution in [1.29, 1.82) is 0 Å². The molecule has 0 spiro atoms. The third-order valence-corrected chi connectivity index (χ3v) is 4.59. The summed E-state index contributed by atoms with van der Waals surface area (Å²) in [4.78, 5) is 10.7. The van der Waals surface area contributed by atoms with Crippen molar-refractivity contribution in [2.24, 2.45) is 0 Å². The molecule has 0 aliphatic carbocycles. The fourth-order valence-electron chi connectivity index (χ4n) is 1.77. The van der Waals surface area contributed by atoms with E-state index in [1.165, 1.54) is 19.2 Å². The van der Waals surface area contributed by atoms with E-state index in [9.17, 15) is 13.2 Å². The van der Waals surface area contributed by atoms with Crippen LogP contribution in [0.15, 0.2) is 23.1 Å².